The Labute approximate surface area is 128 Å². The Kier molecular flexibility index (Phi) is 4.61. The Morgan fingerprint density at radius 2 is 2.19 bits per heavy atom. The van der Waals surface area contributed by atoms with Crippen molar-refractivity contribution in [2.45, 2.75) is 9.92 Å². The molecule has 0 aliphatic rings. The van der Waals surface area contributed by atoms with Crippen LogP contribution in [0.5, 0.6) is 0 Å². The van der Waals surface area contributed by atoms with Crippen molar-refractivity contribution in [1.82, 2.24) is 4.98 Å². The van der Waals surface area contributed by atoms with Gasteiger partial charge in [0.1, 0.15) is 11.2 Å². The van der Waals surface area contributed by atoms with Crippen molar-refractivity contribution in [2.24, 2.45) is 10.9 Å². The summed E-state index contributed by atoms with van der Waals surface area (Å²) in [6, 6.07) is 8.24. The van der Waals surface area contributed by atoms with E-state index in [1.807, 2.05) is 0 Å². The van der Waals surface area contributed by atoms with E-state index in [0.29, 0.717) is 14.9 Å². The van der Waals surface area contributed by atoms with E-state index in [2.05, 4.69) is 10.1 Å². The van der Waals surface area contributed by atoms with Crippen LogP contribution >= 0.6 is 23.4 Å². The first-order chi connectivity index (χ1) is 10.0. The van der Waals surface area contributed by atoms with Gasteiger partial charge in [-0.1, -0.05) is 40.7 Å². The van der Waals surface area contributed by atoms with Gasteiger partial charge in [0.05, 0.1) is 15.5 Å². The van der Waals surface area contributed by atoms with Gasteiger partial charge in [0.15, 0.2) is 5.84 Å². The van der Waals surface area contributed by atoms with Gasteiger partial charge in [-0.2, -0.15) is 0 Å². The Morgan fingerprint density at radius 3 is 2.81 bits per heavy atom. The van der Waals surface area contributed by atoms with Crippen molar-refractivity contribution >= 4 is 34.9 Å². The number of nitrogens with zero attached hydrogens (tertiary/aromatic N) is 3. The molecule has 2 aromatic rings. The number of rotatable bonds is 4. The van der Waals surface area contributed by atoms with E-state index in [0.717, 1.165) is 6.20 Å². The molecule has 0 saturated carbocycles. The first kappa shape index (κ1) is 15.1. The van der Waals surface area contributed by atoms with Crippen molar-refractivity contribution in [3.8, 4) is 0 Å². The predicted octanol–water partition coefficient (Wildman–Crippen LogP) is 2.89. The molecule has 0 amide bonds. The third kappa shape index (κ3) is 3.41. The Morgan fingerprint density at radius 1 is 1.48 bits per heavy atom. The van der Waals surface area contributed by atoms with Crippen LogP contribution in [0.25, 0.3) is 0 Å². The second kappa shape index (κ2) is 6.42. The SMILES string of the molecule is NC(=NO)c1cc([N+](=O)[O-])cnc1Sc1ccccc1Cl. The highest BCUT2D eigenvalue weighted by Crippen LogP contribution is 2.34. The van der Waals surface area contributed by atoms with Crippen LogP contribution in [0.3, 0.4) is 0 Å². The summed E-state index contributed by atoms with van der Waals surface area (Å²) in [5.41, 5.74) is 5.46. The van der Waals surface area contributed by atoms with E-state index in [-0.39, 0.29) is 17.1 Å². The van der Waals surface area contributed by atoms with Crippen LogP contribution in [0.1, 0.15) is 5.56 Å². The summed E-state index contributed by atoms with van der Waals surface area (Å²) in [5, 5.41) is 23.3. The number of halogens is 1. The summed E-state index contributed by atoms with van der Waals surface area (Å²) in [6.07, 6.45) is 1.10. The number of nitrogens with two attached hydrogens (primary N) is 1. The maximum atomic E-state index is 10.8. The molecule has 0 bridgehead atoms. The van der Waals surface area contributed by atoms with E-state index in [4.69, 9.17) is 22.5 Å². The minimum atomic E-state index is -0.606. The van der Waals surface area contributed by atoms with Crippen molar-refractivity contribution in [2.75, 3.05) is 0 Å². The molecule has 0 atom stereocenters. The summed E-state index contributed by atoms with van der Waals surface area (Å²) < 4.78 is 0. The maximum absolute atomic E-state index is 10.8. The Balaban J connectivity index is 2.48. The standard InChI is InChI=1S/C12H9ClN4O3S/c13-9-3-1-2-4-10(9)21-12-8(11(14)16-18)5-7(6-15-12)17(19)20/h1-6,18H,(H2,14,16). The van der Waals surface area contributed by atoms with Gasteiger partial charge in [0.2, 0.25) is 0 Å². The normalized spacial score (nSPS) is 11.4. The zero-order valence-electron chi connectivity index (χ0n) is 10.4. The molecule has 0 aliphatic carbocycles. The number of amidine groups is 1. The number of oxime groups is 1. The van der Waals surface area contributed by atoms with E-state index in [9.17, 15) is 10.1 Å². The smallest absolute Gasteiger partial charge is 0.288 e. The lowest BCUT2D eigenvalue weighted by Gasteiger charge is -2.07. The summed E-state index contributed by atoms with van der Waals surface area (Å²) in [7, 11) is 0. The molecule has 2 rings (SSSR count). The zero-order valence-corrected chi connectivity index (χ0v) is 12.0. The fourth-order valence-corrected chi connectivity index (χ4v) is 2.64. The number of nitro groups is 1. The van der Waals surface area contributed by atoms with Crippen molar-refractivity contribution in [3.63, 3.8) is 0 Å². The molecule has 0 radical (unpaired) electrons. The maximum Gasteiger partial charge on any atom is 0.288 e. The molecule has 108 valence electrons. The molecule has 0 spiro atoms. The molecule has 0 unspecified atom stereocenters. The van der Waals surface area contributed by atoms with E-state index in [1.54, 1.807) is 24.3 Å². The van der Waals surface area contributed by atoms with Gasteiger partial charge in [0.25, 0.3) is 5.69 Å². The van der Waals surface area contributed by atoms with E-state index in [1.165, 1.54) is 17.8 Å². The lowest BCUT2D eigenvalue weighted by Crippen LogP contribution is -2.15. The fourth-order valence-electron chi connectivity index (χ4n) is 1.49. The van der Waals surface area contributed by atoms with Gasteiger partial charge >= 0.3 is 0 Å². The number of hydrogen-bond donors (Lipinski definition) is 2. The average molecular weight is 325 g/mol. The van der Waals surface area contributed by atoms with Crippen LogP contribution in [-0.4, -0.2) is 21.0 Å². The summed E-state index contributed by atoms with van der Waals surface area (Å²) in [5.74, 6) is -0.263. The number of pyridine rings is 1. The highest BCUT2D eigenvalue weighted by atomic mass is 35.5. The van der Waals surface area contributed by atoms with Crippen LogP contribution < -0.4 is 5.73 Å². The first-order valence-corrected chi connectivity index (χ1v) is 6.77. The van der Waals surface area contributed by atoms with Gasteiger partial charge in [-0.25, -0.2) is 4.98 Å². The molecule has 1 aromatic carbocycles. The average Bonchev–Trinajstić information content (AvgIpc) is 2.49. The number of benzene rings is 1. The minimum Gasteiger partial charge on any atom is -0.409 e. The lowest BCUT2D eigenvalue weighted by atomic mass is 10.2. The van der Waals surface area contributed by atoms with Crippen LogP contribution in [0.4, 0.5) is 5.69 Å². The molecule has 0 aliphatic heterocycles. The van der Waals surface area contributed by atoms with Crippen LogP contribution in [0, 0.1) is 10.1 Å². The highest BCUT2D eigenvalue weighted by Gasteiger charge is 2.17. The quantitative estimate of drug-likeness (QED) is 0.294. The predicted molar refractivity (Wildman–Crippen MR) is 79.0 cm³/mol. The van der Waals surface area contributed by atoms with Crippen molar-refractivity contribution in [3.05, 3.63) is 57.2 Å². The second-order valence-electron chi connectivity index (χ2n) is 3.82. The van der Waals surface area contributed by atoms with E-state index >= 15 is 0 Å². The molecule has 0 fully saturated rings. The molecule has 1 aromatic heterocycles. The summed E-state index contributed by atoms with van der Waals surface area (Å²) in [6.45, 7) is 0. The lowest BCUT2D eigenvalue weighted by molar-refractivity contribution is -0.385. The molecule has 0 saturated heterocycles. The van der Waals surface area contributed by atoms with Gasteiger partial charge in [-0.05, 0) is 12.1 Å². The largest absolute Gasteiger partial charge is 0.409 e. The minimum absolute atomic E-state index is 0.164. The van der Waals surface area contributed by atoms with Crippen LogP contribution in [0.2, 0.25) is 5.02 Å². The first-order valence-electron chi connectivity index (χ1n) is 5.57. The third-order valence-electron chi connectivity index (χ3n) is 2.47. The van der Waals surface area contributed by atoms with Gasteiger partial charge in [0, 0.05) is 11.0 Å². The molecule has 1 heterocycles. The van der Waals surface area contributed by atoms with Crippen molar-refractivity contribution < 1.29 is 10.1 Å². The number of aromatic nitrogens is 1. The Hall–Kier alpha value is -2.32. The third-order valence-corrected chi connectivity index (χ3v) is 4.01. The van der Waals surface area contributed by atoms with E-state index < -0.39 is 4.92 Å². The van der Waals surface area contributed by atoms with Crippen molar-refractivity contribution in [1.29, 1.82) is 0 Å². The topological polar surface area (TPSA) is 115 Å². The highest BCUT2D eigenvalue weighted by molar-refractivity contribution is 7.99. The Bertz CT molecular complexity index is 723. The fraction of sp³-hybridized carbons (Fsp3) is 0. The summed E-state index contributed by atoms with van der Waals surface area (Å²) in [4.78, 5) is 14.9. The molecule has 21 heavy (non-hydrogen) atoms. The monoisotopic (exact) mass is 324 g/mol. The summed E-state index contributed by atoms with van der Waals surface area (Å²) >= 11 is 7.22. The van der Waals surface area contributed by atoms with Crippen LogP contribution in [-0.2, 0) is 0 Å². The second-order valence-corrected chi connectivity index (χ2v) is 5.26. The molecule has 9 heteroatoms. The molecular formula is C12H9ClN4O3S. The van der Waals surface area contributed by atoms with Gasteiger partial charge < -0.3 is 10.9 Å². The van der Waals surface area contributed by atoms with Crippen LogP contribution in [0.15, 0.2) is 51.6 Å². The molecule has 3 N–H and O–H groups in total. The van der Waals surface area contributed by atoms with Gasteiger partial charge in [-0.15, -0.1) is 0 Å². The molecular weight excluding hydrogens is 316 g/mol. The molecule has 7 nitrogen and oxygen atoms in total. The number of hydrogen-bond acceptors (Lipinski definition) is 6. The zero-order chi connectivity index (χ0) is 15.4. The van der Waals surface area contributed by atoms with Gasteiger partial charge in [-0.3, -0.25) is 10.1 Å².